The van der Waals surface area contributed by atoms with E-state index in [-0.39, 0.29) is 17.2 Å². The molecule has 178 valence electrons. The number of benzene rings is 3. The van der Waals surface area contributed by atoms with Crippen LogP contribution in [0, 0.1) is 6.92 Å². The highest BCUT2D eigenvalue weighted by molar-refractivity contribution is 6.04. The van der Waals surface area contributed by atoms with E-state index in [4.69, 9.17) is 9.15 Å². The Hall–Kier alpha value is -4.66. The number of oxazole rings is 1. The third-order valence-electron chi connectivity index (χ3n) is 5.24. The van der Waals surface area contributed by atoms with Crippen LogP contribution in [0.15, 0.2) is 82.0 Å². The number of aromatic nitrogens is 1. The Kier molecular flexibility index (Phi) is 7.06. The monoisotopic (exact) mass is 473 g/mol. The summed E-state index contributed by atoms with van der Waals surface area (Å²) in [5, 5.41) is 5.41. The van der Waals surface area contributed by atoms with Gasteiger partial charge in [-0.15, -0.1) is 0 Å². The fourth-order valence-electron chi connectivity index (χ4n) is 3.44. The fourth-order valence-corrected chi connectivity index (χ4v) is 3.44. The number of aryl methyl sites for hydroxylation is 1. The van der Waals surface area contributed by atoms with Gasteiger partial charge in [0.1, 0.15) is 6.54 Å². The third-order valence-corrected chi connectivity index (χ3v) is 5.24. The maximum Gasteiger partial charge on any atom is 0.420 e. The molecule has 4 rings (SSSR count). The average molecular weight is 473 g/mol. The van der Waals surface area contributed by atoms with Crippen LogP contribution in [0.3, 0.4) is 0 Å². The molecule has 2 N–H and O–H groups in total. The number of nitrogens with zero attached hydrogens (tertiary/aromatic N) is 1. The molecule has 0 aliphatic heterocycles. The van der Waals surface area contributed by atoms with Crippen LogP contribution in [0.1, 0.15) is 21.5 Å². The largest absolute Gasteiger partial charge is 0.454 e. The molecule has 35 heavy (non-hydrogen) atoms. The summed E-state index contributed by atoms with van der Waals surface area (Å²) in [6.07, 6.45) is 0. The molecule has 4 aromatic rings. The van der Waals surface area contributed by atoms with E-state index < -0.39 is 30.8 Å². The number of para-hydroxylation sites is 3. The Balaban J connectivity index is 1.33. The summed E-state index contributed by atoms with van der Waals surface area (Å²) in [5.74, 6) is -2.46. The number of hydrogen-bond donors (Lipinski definition) is 2. The van der Waals surface area contributed by atoms with E-state index in [0.29, 0.717) is 17.6 Å². The first-order chi connectivity index (χ1) is 16.9. The van der Waals surface area contributed by atoms with Crippen molar-refractivity contribution >= 4 is 34.6 Å². The molecule has 0 aliphatic rings. The number of amides is 2. The summed E-state index contributed by atoms with van der Waals surface area (Å²) in [4.78, 5) is 49.3. The van der Waals surface area contributed by atoms with Crippen molar-refractivity contribution in [3.63, 3.8) is 0 Å². The van der Waals surface area contributed by atoms with Gasteiger partial charge in [-0.1, -0.05) is 54.1 Å². The van der Waals surface area contributed by atoms with Crippen LogP contribution >= 0.6 is 0 Å². The Bertz CT molecular complexity index is 1440. The molecule has 0 atom stereocenters. The van der Waals surface area contributed by atoms with Crippen LogP contribution < -0.4 is 16.4 Å². The predicted octanol–water partition coefficient (Wildman–Crippen LogP) is 3.01. The maximum atomic E-state index is 12.7. The molecule has 3 aromatic carbocycles. The highest BCUT2D eigenvalue weighted by atomic mass is 16.5. The molecule has 0 spiro atoms. The van der Waals surface area contributed by atoms with Gasteiger partial charge in [-0.2, -0.15) is 0 Å². The molecule has 1 heterocycles. The molecule has 0 bridgehead atoms. The van der Waals surface area contributed by atoms with Crippen molar-refractivity contribution in [1.29, 1.82) is 0 Å². The van der Waals surface area contributed by atoms with Gasteiger partial charge in [0.2, 0.25) is 0 Å². The van der Waals surface area contributed by atoms with Crippen molar-refractivity contribution in [3.8, 4) is 0 Å². The fraction of sp³-hybridized carbons (Fsp3) is 0.154. The molecule has 0 fully saturated rings. The van der Waals surface area contributed by atoms with Crippen molar-refractivity contribution in [3.05, 3.63) is 100 Å². The standard InChI is InChI=1S/C26H23N3O6/c1-17-10-12-18(13-11-17)14-27-25(32)19-6-2-3-7-20(19)28-23(30)16-34-24(31)15-29-21-8-4-5-9-22(21)35-26(29)33/h2-13H,14-16H2,1H3,(H,27,32)(H,28,30). The minimum atomic E-state index is -0.780. The van der Waals surface area contributed by atoms with Crippen LogP contribution in [0.2, 0.25) is 0 Å². The number of ether oxygens (including phenoxy) is 1. The van der Waals surface area contributed by atoms with Gasteiger partial charge in [0.15, 0.2) is 12.2 Å². The number of nitrogens with one attached hydrogen (secondary N) is 2. The number of esters is 1. The Morgan fingerprint density at radius 3 is 2.46 bits per heavy atom. The zero-order valence-electron chi connectivity index (χ0n) is 18.9. The molecule has 0 aliphatic carbocycles. The Morgan fingerprint density at radius 2 is 1.66 bits per heavy atom. The number of carbonyl (C=O) groups excluding carboxylic acids is 3. The second-order valence-electron chi connectivity index (χ2n) is 7.84. The van der Waals surface area contributed by atoms with Gasteiger partial charge in [-0.05, 0) is 36.8 Å². The Labute approximate surface area is 200 Å². The van der Waals surface area contributed by atoms with E-state index in [1.54, 1.807) is 48.5 Å². The topological polar surface area (TPSA) is 120 Å². The van der Waals surface area contributed by atoms with Gasteiger partial charge in [-0.3, -0.25) is 19.0 Å². The summed E-state index contributed by atoms with van der Waals surface area (Å²) in [6.45, 7) is 1.34. The molecular formula is C26H23N3O6. The minimum absolute atomic E-state index is 0.274. The van der Waals surface area contributed by atoms with Crippen LogP contribution in [0.4, 0.5) is 5.69 Å². The van der Waals surface area contributed by atoms with Crippen molar-refractivity contribution in [1.82, 2.24) is 9.88 Å². The van der Waals surface area contributed by atoms with Crippen molar-refractivity contribution in [2.24, 2.45) is 0 Å². The summed E-state index contributed by atoms with van der Waals surface area (Å²) >= 11 is 0. The number of anilines is 1. The van der Waals surface area contributed by atoms with E-state index in [9.17, 15) is 19.2 Å². The van der Waals surface area contributed by atoms with E-state index in [0.717, 1.165) is 15.7 Å². The van der Waals surface area contributed by atoms with Crippen molar-refractivity contribution < 1.29 is 23.5 Å². The van der Waals surface area contributed by atoms with Gasteiger partial charge in [0.05, 0.1) is 16.8 Å². The van der Waals surface area contributed by atoms with Crippen LogP contribution in [0.5, 0.6) is 0 Å². The molecule has 1 aromatic heterocycles. The quantitative estimate of drug-likeness (QED) is 0.380. The molecular weight excluding hydrogens is 450 g/mol. The smallest absolute Gasteiger partial charge is 0.420 e. The number of carbonyl (C=O) groups is 3. The SMILES string of the molecule is Cc1ccc(CNC(=O)c2ccccc2NC(=O)COC(=O)Cn2c(=O)oc3ccccc32)cc1. The van der Waals surface area contributed by atoms with E-state index in [1.165, 1.54) is 0 Å². The van der Waals surface area contributed by atoms with E-state index >= 15 is 0 Å². The second kappa shape index (κ2) is 10.5. The van der Waals surface area contributed by atoms with Crippen LogP contribution in [0.25, 0.3) is 11.1 Å². The first-order valence-electron chi connectivity index (χ1n) is 10.9. The van der Waals surface area contributed by atoms with Gasteiger partial charge in [0.25, 0.3) is 11.8 Å². The molecule has 0 radical (unpaired) electrons. The van der Waals surface area contributed by atoms with Gasteiger partial charge < -0.3 is 19.8 Å². The molecule has 0 unspecified atom stereocenters. The summed E-state index contributed by atoms with van der Waals surface area (Å²) in [6, 6.07) is 21.0. The van der Waals surface area contributed by atoms with Crippen molar-refractivity contribution in [2.45, 2.75) is 20.0 Å². The zero-order chi connectivity index (χ0) is 24.8. The normalized spacial score (nSPS) is 10.7. The summed E-state index contributed by atoms with van der Waals surface area (Å²) in [7, 11) is 0. The summed E-state index contributed by atoms with van der Waals surface area (Å²) in [5.41, 5.74) is 3.42. The van der Waals surface area contributed by atoms with Crippen molar-refractivity contribution in [2.75, 3.05) is 11.9 Å². The van der Waals surface area contributed by atoms with E-state index in [1.807, 2.05) is 31.2 Å². The predicted molar refractivity (Wildman–Crippen MR) is 129 cm³/mol. The number of rotatable bonds is 8. The first-order valence-corrected chi connectivity index (χ1v) is 10.9. The van der Waals surface area contributed by atoms with Crippen LogP contribution in [-0.2, 0) is 27.4 Å². The lowest BCUT2D eigenvalue weighted by atomic mass is 10.1. The highest BCUT2D eigenvalue weighted by Gasteiger charge is 2.16. The van der Waals surface area contributed by atoms with Gasteiger partial charge >= 0.3 is 11.7 Å². The minimum Gasteiger partial charge on any atom is -0.454 e. The van der Waals surface area contributed by atoms with Gasteiger partial charge in [-0.25, -0.2) is 4.79 Å². The number of hydrogen-bond acceptors (Lipinski definition) is 6. The lowest BCUT2D eigenvalue weighted by Crippen LogP contribution is -2.27. The summed E-state index contributed by atoms with van der Waals surface area (Å²) < 4.78 is 11.2. The molecule has 0 saturated carbocycles. The third kappa shape index (κ3) is 5.83. The molecule has 0 saturated heterocycles. The second-order valence-corrected chi connectivity index (χ2v) is 7.84. The van der Waals surface area contributed by atoms with E-state index in [2.05, 4.69) is 10.6 Å². The lowest BCUT2D eigenvalue weighted by Gasteiger charge is -2.12. The first kappa shape index (κ1) is 23.5. The van der Waals surface area contributed by atoms with Gasteiger partial charge in [0, 0.05) is 6.54 Å². The molecule has 9 nitrogen and oxygen atoms in total. The molecule has 2 amide bonds. The number of fused-ring (bicyclic) bond motifs is 1. The lowest BCUT2D eigenvalue weighted by molar-refractivity contribution is -0.147. The maximum absolute atomic E-state index is 12.7. The average Bonchev–Trinajstić information content (AvgIpc) is 3.17. The molecule has 9 heteroatoms. The zero-order valence-corrected chi connectivity index (χ0v) is 18.9. The highest BCUT2D eigenvalue weighted by Crippen LogP contribution is 2.16. The Morgan fingerprint density at radius 1 is 0.943 bits per heavy atom. The van der Waals surface area contributed by atoms with Crippen LogP contribution in [-0.4, -0.2) is 29.0 Å².